The molecule has 0 spiro atoms. The Bertz CT molecular complexity index is 1010. The minimum Gasteiger partial charge on any atom is -0.489 e. The molecule has 0 aliphatic heterocycles. The molecule has 29 heavy (non-hydrogen) atoms. The molecule has 3 rings (SSSR count). The maximum Gasteiger partial charge on any atom is 0.291 e. The average Bonchev–Trinajstić information content (AvgIpc) is 3.20. The maximum absolute atomic E-state index is 12.6. The topological polar surface area (TPSA) is 124 Å². The molecule has 0 radical (unpaired) electrons. The Labute approximate surface area is 166 Å². The Balaban J connectivity index is 1.65. The van der Waals surface area contributed by atoms with Gasteiger partial charge in [-0.25, -0.2) is 0 Å². The van der Waals surface area contributed by atoms with E-state index in [9.17, 15) is 14.4 Å². The molecule has 8 heteroatoms. The van der Waals surface area contributed by atoms with Crippen molar-refractivity contribution >= 4 is 23.4 Å². The fourth-order valence-corrected chi connectivity index (χ4v) is 2.52. The molecule has 1 heterocycles. The standard InChI is InChI=1S/C21H19N3O5/c22-18(25)12-23-20(26)14-5-4-6-16(11-14)24-21(27)19-15(9-10-28-19)13-29-17-7-2-1-3-8-17/h1-11H,12-13H2,(H2,22,25)(H,23,26)(H,24,27). The van der Waals surface area contributed by atoms with Crippen LogP contribution in [-0.4, -0.2) is 24.3 Å². The zero-order chi connectivity index (χ0) is 20.6. The van der Waals surface area contributed by atoms with Gasteiger partial charge < -0.3 is 25.5 Å². The third-order valence-electron chi connectivity index (χ3n) is 3.90. The van der Waals surface area contributed by atoms with Crippen LogP contribution in [0.1, 0.15) is 26.5 Å². The number of carbonyl (C=O) groups is 3. The fourth-order valence-electron chi connectivity index (χ4n) is 2.52. The summed E-state index contributed by atoms with van der Waals surface area (Å²) >= 11 is 0. The van der Waals surface area contributed by atoms with Crippen molar-refractivity contribution in [2.24, 2.45) is 5.73 Å². The molecular formula is C21H19N3O5. The van der Waals surface area contributed by atoms with Gasteiger partial charge in [0.1, 0.15) is 12.4 Å². The van der Waals surface area contributed by atoms with Crippen molar-refractivity contribution in [1.82, 2.24) is 5.32 Å². The Hall–Kier alpha value is -4.07. The minimum absolute atomic E-state index is 0.115. The average molecular weight is 393 g/mol. The van der Waals surface area contributed by atoms with E-state index in [0.29, 0.717) is 17.0 Å². The number of nitrogens with one attached hydrogen (secondary N) is 2. The summed E-state index contributed by atoms with van der Waals surface area (Å²) in [6.07, 6.45) is 1.41. The number of anilines is 1. The zero-order valence-corrected chi connectivity index (χ0v) is 15.4. The summed E-state index contributed by atoms with van der Waals surface area (Å²) in [5.74, 6) is -0.809. The maximum atomic E-state index is 12.6. The SMILES string of the molecule is NC(=O)CNC(=O)c1cccc(NC(=O)c2occc2COc2ccccc2)c1. The van der Waals surface area contributed by atoms with Gasteiger partial charge in [0.2, 0.25) is 5.91 Å². The zero-order valence-electron chi connectivity index (χ0n) is 15.4. The van der Waals surface area contributed by atoms with Crippen molar-refractivity contribution in [3.8, 4) is 5.75 Å². The van der Waals surface area contributed by atoms with Gasteiger partial charge >= 0.3 is 0 Å². The Morgan fingerprint density at radius 1 is 0.966 bits per heavy atom. The summed E-state index contributed by atoms with van der Waals surface area (Å²) in [6.45, 7) is -0.106. The normalized spacial score (nSPS) is 10.2. The van der Waals surface area contributed by atoms with E-state index in [-0.39, 0.29) is 24.5 Å². The lowest BCUT2D eigenvalue weighted by Crippen LogP contribution is -2.33. The van der Waals surface area contributed by atoms with Gasteiger partial charge in [-0.3, -0.25) is 14.4 Å². The van der Waals surface area contributed by atoms with Crippen molar-refractivity contribution in [1.29, 1.82) is 0 Å². The first-order valence-electron chi connectivity index (χ1n) is 8.75. The number of hydrogen-bond acceptors (Lipinski definition) is 5. The van der Waals surface area contributed by atoms with E-state index in [0.717, 1.165) is 0 Å². The first-order chi connectivity index (χ1) is 14.0. The van der Waals surface area contributed by atoms with E-state index in [2.05, 4.69) is 10.6 Å². The molecule has 1 aromatic heterocycles. The van der Waals surface area contributed by atoms with Crippen LogP contribution in [0.4, 0.5) is 5.69 Å². The Morgan fingerprint density at radius 3 is 2.52 bits per heavy atom. The quantitative estimate of drug-likeness (QED) is 0.542. The summed E-state index contributed by atoms with van der Waals surface area (Å²) in [4.78, 5) is 35.4. The van der Waals surface area contributed by atoms with E-state index in [1.165, 1.54) is 12.3 Å². The van der Waals surface area contributed by atoms with Gasteiger partial charge in [-0.15, -0.1) is 0 Å². The molecule has 4 N–H and O–H groups in total. The van der Waals surface area contributed by atoms with E-state index in [4.69, 9.17) is 14.9 Å². The van der Waals surface area contributed by atoms with Crippen LogP contribution in [0.5, 0.6) is 5.75 Å². The molecule has 0 saturated heterocycles. The van der Waals surface area contributed by atoms with Crippen LogP contribution in [0, 0.1) is 0 Å². The highest BCUT2D eigenvalue weighted by Gasteiger charge is 2.17. The van der Waals surface area contributed by atoms with Crippen molar-refractivity contribution in [2.45, 2.75) is 6.61 Å². The van der Waals surface area contributed by atoms with Crippen LogP contribution in [-0.2, 0) is 11.4 Å². The first kappa shape index (κ1) is 19.7. The molecule has 2 aromatic carbocycles. The molecule has 3 aromatic rings. The van der Waals surface area contributed by atoms with Crippen molar-refractivity contribution in [3.63, 3.8) is 0 Å². The summed E-state index contributed by atoms with van der Waals surface area (Å²) in [7, 11) is 0. The molecule has 0 unspecified atom stereocenters. The van der Waals surface area contributed by atoms with Gasteiger partial charge in [0.25, 0.3) is 11.8 Å². The second kappa shape index (κ2) is 9.23. The lowest BCUT2D eigenvalue weighted by atomic mass is 10.1. The Kier molecular flexibility index (Phi) is 6.26. The van der Waals surface area contributed by atoms with Crippen LogP contribution in [0.15, 0.2) is 71.3 Å². The van der Waals surface area contributed by atoms with Crippen molar-refractivity contribution < 1.29 is 23.5 Å². The highest BCUT2D eigenvalue weighted by atomic mass is 16.5. The number of carbonyl (C=O) groups excluding carboxylic acids is 3. The molecule has 148 valence electrons. The third kappa shape index (κ3) is 5.46. The van der Waals surface area contributed by atoms with Crippen LogP contribution < -0.4 is 21.1 Å². The first-order valence-corrected chi connectivity index (χ1v) is 8.75. The molecule has 0 saturated carbocycles. The molecule has 0 fully saturated rings. The smallest absolute Gasteiger partial charge is 0.291 e. The second-order valence-corrected chi connectivity index (χ2v) is 6.06. The van der Waals surface area contributed by atoms with Gasteiger partial charge in [0.05, 0.1) is 12.8 Å². The number of amides is 3. The third-order valence-corrected chi connectivity index (χ3v) is 3.90. The molecule has 0 atom stereocenters. The monoisotopic (exact) mass is 393 g/mol. The predicted molar refractivity (Wildman–Crippen MR) is 105 cm³/mol. The summed E-state index contributed by atoms with van der Waals surface area (Å²) in [5.41, 5.74) is 6.27. The van der Waals surface area contributed by atoms with Crippen LogP contribution in [0.3, 0.4) is 0 Å². The lowest BCUT2D eigenvalue weighted by molar-refractivity contribution is -0.117. The van der Waals surface area contributed by atoms with E-state index < -0.39 is 17.7 Å². The molecule has 3 amide bonds. The number of benzene rings is 2. The van der Waals surface area contributed by atoms with Crippen LogP contribution >= 0.6 is 0 Å². The summed E-state index contributed by atoms with van der Waals surface area (Å²) in [6, 6.07) is 17.1. The number of hydrogen-bond donors (Lipinski definition) is 3. The van der Waals surface area contributed by atoms with Gasteiger partial charge in [0.15, 0.2) is 5.76 Å². The van der Waals surface area contributed by atoms with Crippen molar-refractivity contribution in [3.05, 3.63) is 83.8 Å². The Morgan fingerprint density at radius 2 is 1.76 bits per heavy atom. The van der Waals surface area contributed by atoms with E-state index in [1.807, 2.05) is 30.3 Å². The second-order valence-electron chi connectivity index (χ2n) is 6.06. The molecule has 0 bridgehead atoms. The number of ether oxygens (including phenoxy) is 1. The fraction of sp³-hybridized carbons (Fsp3) is 0.0952. The molecular weight excluding hydrogens is 374 g/mol. The van der Waals surface area contributed by atoms with E-state index >= 15 is 0 Å². The van der Waals surface area contributed by atoms with Gasteiger partial charge in [-0.1, -0.05) is 24.3 Å². The lowest BCUT2D eigenvalue weighted by Gasteiger charge is -2.08. The van der Waals surface area contributed by atoms with Gasteiger partial charge in [0, 0.05) is 16.8 Å². The van der Waals surface area contributed by atoms with Crippen LogP contribution in [0.2, 0.25) is 0 Å². The number of para-hydroxylation sites is 1. The van der Waals surface area contributed by atoms with Gasteiger partial charge in [-0.05, 0) is 36.4 Å². The van der Waals surface area contributed by atoms with E-state index in [1.54, 1.807) is 24.3 Å². The van der Waals surface area contributed by atoms with Crippen molar-refractivity contribution in [2.75, 3.05) is 11.9 Å². The molecule has 0 aliphatic carbocycles. The predicted octanol–water partition coefficient (Wildman–Crippen LogP) is 2.33. The summed E-state index contributed by atoms with van der Waals surface area (Å²) in [5, 5.41) is 5.07. The molecule has 8 nitrogen and oxygen atoms in total. The number of primary amides is 1. The molecule has 0 aliphatic rings. The number of nitrogens with two attached hydrogens (primary N) is 1. The van der Waals surface area contributed by atoms with Gasteiger partial charge in [-0.2, -0.15) is 0 Å². The number of rotatable bonds is 8. The van der Waals surface area contributed by atoms with Crippen LogP contribution in [0.25, 0.3) is 0 Å². The largest absolute Gasteiger partial charge is 0.489 e. The highest BCUT2D eigenvalue weighted by Crippen LogP contribution is 2.18. The highest BCUT2D eigenvalue weighted by molar-refractivity contribution is 6.04. The minimum atomic E-state index is -0.647. The number of furan rings is 1. The summed E-state index contributed by atoms with van der Waals surface area (Å²) < 4.78 is 11.0.